The molecule has 0 bridgehead atoms. The van der Waals surface area contributed by atoms with E-state index in [4.69, 9.17) is 4.42 Å². The first-order valence-electron chi connectivity index (χ1n) is 3.53. The SMILES string of the molecule is Ic1ncc(-c2ccccc2)o1. The molecule has 2 nitrogen and oxygen atoms in total. The molecule has 3 heteroatoms. The first-order chi connectivity index (χ1) is 5.86. The zero-order chi connectivity index (χ0) is 8.39. The minimum absolute atomic E-state index is 0.673. The molecule has 0 aliphatic carbocycles. The zero-order valence-electron chi connectivity index (χ0n) is 6.20. The average Bonchev–Trinajstić information content (AvgIpc) is 2.54. The molecule has 0 saturated heterocycles. The minimum Gasteiger partial charge on any atom is -0.432 e. The number of benzene rings is 1. The van der Waals surface area contributed by atoms with Crippen molar-refractivity contribution in [3.05, 3.63) is 40.4 Å². The molecule has 0 N–H and O–H groups in total. The van der Waals surface area contributed by atoms with Gasteiger partial charge in [0.15, 0.2) is 5.76 Å². The predicted molar refractivity (Wildman–Crippen MR) is 54.7 cm³/mol. The van der Waals surface area contributed by atoms with E-state index in [9.17, 15) is 0 Å². The molecule has 1 aromatic heterocycles. The number of nitrogens with zero attached hydrogens (tertiary/aromatic N) is 1. The Kier molecular flexibility index (Phi) is 2.12. The number of halogens is 1. The molecule has 0 unspecified atom stereocenters. The first-order valence-corrected chi connectivity index (χ1v) is 4.61. The van der Waals surface area contributed by atoms with Crippen molar-refractivity contribution in [1.82, 2.24) is 4.98 Å². The van der Waals surface area contributed by atoms with Crippen LogP contribution in [0.1, 0.15) is 0 Å². The number of hydrogen-bond donors (Lipinski definition) is 0. The van der Waals surface area contributed by atoms with Crippen LogP contribution in [0.2, 0.25) is 0 Å². The highest BCUT2D eigenvalue weighted by Crippen LogP contribution is 2.19. The summed E-state index contributed by atoms with van der Waals surface area (Å²) in [6.07, 6.45) is 1.73. The third kappa shape index (κ3) is 1.50. The molecule has 0 aliphatic heterocycles. The fourth-order valence-electron chi connectivity index (χ4n) is 0.989. The quantitative estimate of drug-likeness (QED) is 0.745. The Hall–Kier alpha value is -0.840. The van der Waals surface area contributed by atoms with Crippen LogP contribution in [0.3, 0.4) is 0 Å². The second-order valence-electron chi connectivity index (χ2n) is 2.34. The summed E-state index contributed by atoms with van der Waals surface area (Å²) in [7, 11) is 0. The summed E-state index contributed by atoms with van der Waals surface area (Å²) in [6.45, 7) is 0. The molecule has 0 saturated carbocycles. The Bertz CT molecular complexity index is 369. The summed E-state index contributed by atoms with van der Waals surface area (Å²) in [4.78, 5) is 4.01. The van der Waals surface area contributed by atoms with Gasteiger partial charge in [-0.1, -0.05) is 30.3 Å². The van der Waals surface area contributed by atoms with Crippen molar-refractivity contribution >= 4 is 22.6 Å². The molecule has 0 spiro atoms. The monoisotopic (exact) mass is 271 g/mol. The third-order valence-electron chi connectivity index (χ3n) is 1.54. The van der Waals surface area contributed by atoms with Gasteiger partial charge in [-0.05, 0) is 0 Å². The van der Waals surface area contributed by atoms with Gasteiger partial charge < -0.3 is 4.42 Å². The zero-order valence-corrected chi connectivity index (χ0v) is 8.36. The molecule has 0 fully saturated rings. The van der Waals surface area contributed by atoms with Gasteiger partial charge in [-0.15, -0.1) is 0 Å². The van der Waals surface area contributed by atoms with Gasteiger partial charge in [0.1, 0.15) is 0 Å². The molecular weight excluding hydrogens is 265 g/mol. The number of hydrogen-bond acceptors (Lipinski definition) is 2. The lowest BCUT2D eigenvalue weighted by Crippen LogP contribution is -1.69. The first kappa shape index (κ1) is 7.79. The van der Waals surface area contributed by atoms with Crippen LogP contribution in [-0.2, 0) is 0 Å². The molecular formula is C9H6INO. The second kappa shape index (κ2) is 3.26. The summed E-state index contributed by atoms with van der Waals surface area (Å²) < 4.78 is 6.02. The molecule has 0 amide bonds. The van der Waals surface area contributed by atoms with Crippen molar-refractivity contribution in [3.8, 4) is 11.3 Å². The van der Waals surface area contributed by atoms with Crippen LogP contribution in [0, 0.1) is 3.90 Å². The lowest BCUT2D eigenvalue weighted by Gasteiger charge is -1.92. The Morgan fingerprint density at radius 1 is 1.17 bits per heavy atom. The molecule has 12 heavy (non-hydrogen) atoms. The fraction of sp³-hybridized carbons (Fsp3) is 0. The molecule has 1 heterocycles. The highest BCUT2D eigenvalue weighted by atomic mass is 127. The van der Waals surface area contributed by atoms with Crippen LogP contribution in [0.5, 0.6) is 0 Å². The lowest BCUT2D eigenvalue weighted by atomic mass is 10.2. The molecule has 60 valence electrons. The van der Waals surface area contributed by atoms with Crippen LogP contribution in [0.25, 0.3) is 11.3 Å². The van der Waals surface area contributed by atoms with Gasteiger partial charge >= 0.3 is 0 Å². The van der Waals surface area contributed by atoms with Gasteiger partial charge in [0.25, 0.3) is 3.90 Å². The standard InChI is InChI=1S/C9H6INO/c10-9-11-6-8(12-9)7-4-2-1-3-5-7/h1-6H. The maximum atomic E-state index is 5.35. The Morgan fingerprint density at radius 2 is 1.92 bits per heavy atom. The van der Waals surface area contributed by atoms with Gasteiger partial charge in [-0.25, -0.2) is 4.98 Å². The van der Waals surface area contributed by atoms with E-state index in [1.165, 1.54) is 0 Å². The smallest absolute Gasteiger partial charge is 0.257 e. The van der Waals surface area contributed by atoms with Crippen LogP contribution < -0.4 is 0 Å². The van der Waals surface area contributed by atoms with Crippen molar-refractivity contribution in [1.29, 1.82) is 0 Å². The van der Waals surface area contributed by atoms with Crippen LogP contribution >= 0.6 is 22.6 Å². The highest BCUT2D eigenvalue weighted by molar-refractivity contribution is 14.1. The van der Waals surface area contributed by atoms with E-state index in [0.29, 0.717) is 3.90 Å². The number of oxazole rings is 1. The predicted octanol–water partition coefficient (Wildman–Crippen LogP) is 2.95. The second-order valence-corrected chi connectivity index (χ2v) is 3.27. The van der Waals surface area contributed by atoms with Crippen molar-refractivity contribution in [2.75, 3.05) is 0 Å². The van der Waals surface area contributed by atoms with Gasteiger partial charge in [0.05, 0.1) is 6.20 Å². The summed E-state index contributed by atoms with van der Waals surface area (Å²) in [5.74, 6) is 0.819. The van der Waals surface area contributed by atoms with E-state index in [-0.39, 0.29) is 0 Å². The van der Waals surface area contributed by atoms with E-state index in [1.54, 1.807) is 6.20 Å². The van der Waals surface area contributed by atoms with Gasteiger partial charge in [0, 0.05) is 28.2 Å². The van der Waals surface area contributed by atoms with Crippen LogP contribution in [-0.4, -0.2) is 4.98 Å². The maximum Gasteiger partial charge on any atom is 0.257 e. The van der Waals surface area contributed by atoms with Gasteiger partial charge in [-0.3, -0.25) is 0 Å². The fourth-order valence-corrected chi connectivity index (χ4v) is 1.37. The van der Waals surface area contributed by atoms with Crippen LogP contribution in [0.4, 0.5) is 0 Å². The highest BCUT2D eigenvalue weighted by Gasteiger charge is 2.01. The van der Waals surface area contributed by atoms with Crippen molar-refractivity contribution in [3.63, 3.8) is 0 Å². The largest absolute Gasteiger partial charge is 0.432 e. The Morgan fingerprint density at radius 3 is 2.50 bits per heavy atom. The average molecular weight is 271 g/mol. The van der Waals surface area contributed by atoms with Crippen molar-refractivity contribution in [2.24, 2.45) is 0 Å². The molecule has 0 radical (unpaired) electrons. The Labute approximate surface area is 83.8 Å². The lowest BCUT2D eigenvalue weighted by molar-refractivity contribution is 0.539. The van der Waals surface area contributed by atoms with Crippen molar-refractivity contribution < 1.29 is 4.42 Å². The Balaban J connectivity index is 2.45. The van der Waals surface area contributed by atoms with Crippen LogP contribution in [0.15, 0.2) is 40.9 Å². The molecule has 0 atom stereocenters. The van der Waals surface area contributed by atoms with E-state index in [1.807, 2.05) is 52.9 Å². The molecule has 2 rings (SSSR count). The molecule has 0 aliphatic rings. The summed E-state index contributed by atoms with van der Waals surface area (Å²) >= 11 is 2.05. The third-order valence-corrected chi connectivity index (χ3v) is 2.03. The molecule has 2 aromatic rings. The topological polar surface area (TPSA) is 26.0 Å². The number of rotatable bonds is 1. The van der Waals surface area contributed by atoms with E-state index in [0.717, 1.165) is 11.3 Å². The molecule has 1 aromatic carbocycles. The van der Waals surface area contributed by atoms with E-state index >= 15 is 0 Å². The maximum absolute atomic E-state index is 5.35. The van der Waals surface area contributed by atoms with Crippen molar-refractivity contribution in [2.45, 2.75) is 0 Å². The van der Waals surface area contributed by atoms with E-state index in [2.05, 4.69) is 4.98 Å². The summed E-state index contributed by atoms with van der Waals surface area (Å²) in [6, 6.07) is 9.92. The van der Waals surface area contributed by atoms with Gasteiger partial charge in [-0.2, -0.15) is 0 Å². The normalized spacial score (nSPS) is 10.1. The van der Waals surface area contributed by atoms with Gasteiger partial charge in [0.2, 0.25) is 0 Å². The summed E-state index contributed by atoms with van der Waals surface area (Å²) in [5.41, 5.74) is 1.06. The van der Waals surface area contributed by atoms with E-state index < -0.39 is 0 Å². The summed E-state index contributed by atoms with van der Waals surface area (Å²) in [5, 5.41) is 0. The number of aromatic nitrogens is 1. The minimum atomic E-state index is 0.673.